The molecule has 1 heterocycles. The van der Waals surface area contributed by atoms with Crippen molar-refractivity contribution >= 4 is 0 Å². The summed E-state index contributed by atoms with van der Waals surface area (Å²) in [6, 6.07) is 2.52. The molecule has 0 radical (unpaired) electrons. The van der Waals surface area contributed by atoms with Crippen LogP contribution in [0.2, 0.25) is 0 Å². The first-order valence-electron chi connectivity index (χ1n) is 6.89. The van der Waals surface area contributed by atoms with E-state index in [1.54, 1.807) is 6.20 Å². The molecule has 1 fully saturated rings. The molecule has 100 valence electrons. The van der Waals surface area contributed by atoms with Crippen molar-refractivity contribution in [3.63, 3.8) is 0 Å². The van der Waals surface area contributed by atoms with Crippen molar-refractivity contribution in [2.24, 2.45) is 11.3 Å². The van der Waals surface area contributed by atoms with Gasteiger partial charge in [0.2, 0.25) is 0 Å². The molecule has 0 bridgehead atoms. The van der Waals surface area contributed by atoms with Crippen LogP contribution in [0.5, 0.6) is 5.75 Å². The molecule has 2 atom stereocenters. The predicted molar refractivity (Wildman–Crippen MR) is 73.7 cm³/mol. The van der Waals surface area contributed by atoms with Crippen LogP contribution in [0.15, 0.2) is 18.5 Å². The van der Waals surface area contributed by atoms with E-state index in [1.165, 1.54) is 12.0 Å². The normalized spacial score (nSPS) is 22.6. The Hall–Kier alpha value is -1.09. The first-order valence-corrected chi connectivity index (χ1v) is 6.89. The van der Waals surface area contributed by atoms with E-state index in [-0.39, 0.29) is 0 Å². The topological polar surface area (TPSA) is 34.2 Å². The van der Waals surface area contributed by atoms with Gasteiger partial charge >= 0.3 is 0 Å². The molecule has 18 heavy (non-hydrogen) atoms. The van der Waals surface area contributed by atoms with Gasteiger partial charge in [0.15, 0.2) is 0 Å². The quantitative estimate of drug-likeness (QED) is 0.839. The maximum atomic E-state index is 5.54. The van der Waals surface area contributed by atoms with Gasteiger partial charge in [-0.2, -0.15) is 0 Å². The second-order valence-corrected chi connectivity index (χ2v) is 5.72. The first-order chi connectivity index (χ1) is 8.58. The van der Waals surface area contributed by atoms with Crippen molar-refractivity contribution in [2.75, 3.05) is 13.2 Å². The molecule has 1 saturated carbocycles. The highest BCUT2D eigenvalue weighted by Crippen LogP contribution is 2.57. The van der Waals surface area contributed by atoms with Crippen LogP contribution in [-0.2, 0) is 0 Å². The molecule has 1 aromatic rings. The summed E-state index contributed by atoms with van der Waals surface area (Å²) in [7, 11) is 0. The van der Waals surface area contributed by atoms with E-state index < -0.39 is 0 Å². The molecule has 0 aromatic carbocycles. The maximum absolute atomic E-state index is 5.54. The molecule has 0 saturated heterocycles. The van der Waals surface area contributed by atoms with Gasteiger partial charge in [0.25, 0.3) is 0 Å². The van der Waals surface area contributed by atoms with E-state index in [4.69, 9.17) is 4.74 Å². The molecule has 2 rings (SSSR count). The van der Waals surface area contributed by atoms with E-state index in [1.807, 2.05) is 13.1 Å². The summed E-state index contributed by atoms with van der Waals surface area (Å²) in [5.41, 5.74) is 1.70. The van der Waals surface area contributed by atoms with Crippen molar-refractivity contribution < 1.29 is 4.74 Å². The molecule has 1 aliphatic carbocycles. The maximum Gasteiger partial charge on any atom is 0.137 e. The van der Waals surface area contributed by atoms with Gasteiger partial charge in [-0.1, -0.05) is 20.8 Å². The van der Waals surface area contributed by atoms with Gasteiger partial charge in [0, 0.05) is 12.2 Å². The summed E-state index contributed by atoms with van der Waals surface area (Å²) >= 11 is 0. The van der Waals surface area contributed by atoms with Gasteiger partial charge in [-0.3, -0.25) is 4.98 Å². The van der Waals surface area contributed by atoms with E-state index >= 15 is 0 Å². The minimum Gasteiger partial charge on any atom is -0.492 e. The molecular weight excluding hydrogens is 224 g/mol. The van der Waals surface area contributed by atoms with Gasteiger partial charge in [-0.05, 0) is 42.9 Å². The van der Waals surface area contributed by atoms with Crippen molar-refractivity contribution in [3.05, 3.63) is 24.0 Å². The average Bonchev–Trinajstić information content (AvgIpc) is 2.96. The average molecular weight is 248 g/mol. The highest BCUT2D eigenvalue weighted by atomic mass is 16.5. The Morgan fingerprint density at radius 1 is 1.44 bits per heavy atom. The van der Waals surface area contributed by atoms with Crippen molar-refractivity contribution in [1.82, 2.24) is 10.3 Å². The number of hydrogen-bond donors (Lipinski definition) is 1. The number of rotatable bonds is 6. The Morgan fingerprint density at radius 3 is 2.72 bits per heavy atom. The van der Waals surface area contributed by atoms with E-state index in [2.05, 4.69) is 37.1 Å². The first kappa shape index (κ1) is 13.3. The minimum atomic E-state index is 0.401. The van der Waals surface area contributed by atoms with Crippen LogP contribution >= 0.6 is 0 Å². The number of ether oxygens (including phenoxy) is 1. The van der Waals surface area contributed by atoms with Crippen LogP contribution in [0.1, 0.15) is 45.7 Å². The Bertz CT molecular complexity index is 403. The fourth-order valence-electron chi connectivity index (χ4n) is 2.64. The summed E-state index contributed by atoms with van der Waals surface area (Å²) < 4.78 is 5.54. The lowest BCUT2D eigenvalue weighted by molar-refractivity contribution is 0.337. The number of pyridine rings is 1. The zero-order valence-corrected chi connectivity index (χ0v) is 11.9. The smallest absolute Gasteiger partial charge is 0.137 e. The van der Waals surface area contributed by atoms with E-state index in [0.717, 1.165) is 12.3 Å². The second kappa shape index (κ2) is 5.27. The second-order valence-electron chi connectivity index (χ2n) is 5.72. The van der Waals surface area contributed by atoms with Crippen molar-refractivity contribution in [1.29, 1.82) is 0 Å². The Kier molecular flexibility index (Phi) is 3.91. The van der Waals surface area contributed by atoms with Crippen LogP contribution < -0.4 is 10.1 Å². The van der Waals surface area contributed by atoms with Gasteiger partial charge in [0.1, 0.15) is 5.75 Å². The number of hydrogen-bond acceptors (Lipinski definition) is 3. The van der Waals surface area contributed by atoms with Gasteiger partial charge in [-0.15, -0.1) is 0 Å². The predicted octanol–water partition coefficient (Wildman–Crippen LogP) is 3.18. The summed E-state index contributed by atoms with van der Waals surface area (Å²) in [4.78, 5) is 4.30. The summed E-state index contributed by atoms with van der Waals surface area (Å²) in [6.07, 6.45) is 5.03. The third kappa shape index (κ3) is 2.83. The molecule has 0 amide bonds. The number of nitrogens with one attached hydrogen (secondary N) is 1. The van der Waals surface area contributed by atoms with Gasteiger partial charge in [-0.25, -0.2) is 0 Å². The fourth-order valence-corrected chi connectivity index (χ4v) is 2.64. The molecule has 0 aliphatic heterocycles. The van der Waals surface area contributed by atoms with Gasteiger partial charge in [0.05, 0.1) is 12.8 Å². The van der Waals surface area contributed by atoms with Crippen LogP contribution in [-0.4, -0.2) is 18.1 Å². The third-order valence-electron chi connectivity index (χ3n) is 3.82. The monoisotopic (exact) mass is 248 g/mol. The van der Waals surface area contributed by atoms with E-state index in [9.17, 15) is 0 Å². The molecule has 2 unspecified atom stereocenters. The molecule has 1 aliphatic rings. The van der Waals surface area contributed by atoms with Crippen LogP contribution in [0, 0.1) is 11.3 Å². The Balaban J connectivity index is 2.17. The lowest BCUT2D eigenvalue weighted by Crippen LogP contribution is -2.24. The zero-order valence-electron chi connectivity index (χ0n) is 11.9. The number of aromatic nitrogens is 1. The fraction of sp³-hybridized carbons (Fsp3) is 0.667. The third-order valence-corrected chi connectivity index (χ3v) is 3.82. The standard InChI is InChI=1S/C15H24N2O/c1-5-17-14(13-8-15(13,3)4)11-7-12(18-6-2)10-16-9-11/h7,9-10,13-14,17H,5-6,8H2,1-4H3. The zero-order chi connectivity index (χ0) is 13.2. The minimum absolute atomic E-state index is 0.401. The molecule has 3 heteroatoms. The van der Waals surface area contributed by atoms with Crippen molar-refractivity contribution in [3.8, 4) is 5.75 Å². The molecular formula is C15H24N2O. The summed E-state index contributed by atoms with van der Waals surface area (Å²) in [5.74, 6) is 1.58. The highest BCUT2D eigenvalue weighted by Gasteiger charge is 2.50. The molecule has 3 nitrogen and oxygen atoms in total. The van der Waals surface area contributed by atoms with Crippen molar-refractivity contribution in [2.45, 2.75) is 40.2 Å². The largest absolute Gasteiger partial charge is 0.492 e. The SMILES string of the molecule is CCNC(c1cncc(OCC)c1)C1CC1(C)C. The van der Waals surface area contributed by atoms with E-state index in [0.29, 0.717) is 24.0 Å². The summed E-state index contributed by atoms with van der Waals surface area (Å²) in [6.45, 7) is 10.5. The van der Waals surface area contributed by atoms with Crippen LogP contribution in [0.3, 0.4) is 0 Å². The number of nitrogens with zero attached hydrogens (tertiary/aromatic N) is 1. The van der Waals surface area contributed by atoms with Gasteiger partial charge < -0.3 is 10.1 Å². The molecule has 0 spiro atoms. The summed E-state index contributed by atoms with van der Waals surface area (Å²) in [5, 5.41) is 3.59. The lowest BCUT2D eigenvalue weighted by Gasteiger charge is -2.20. The van der Waals surface area contributed by atoms with Crippen LogP contribution in [0.25, 0.3) is 0 Å². The lowest BCUT2D eigenvalue weighted by atomic mass is 9.98. The highest BCUT2D eigenvalue weighted by molar-refractivity contribution is 5.28. The Morgan fingerprint density at radius 2 is 2.17 bits per heavy atom. The van der Waals surface area contributed by atoms with Crippen LogP contribution in [0.4, 0.5) is 0 Å². The molecule has 1 N–H and O–H groups in total. The molecule has 1 aromatic heterocycles. The Labute approximate surface area is 110 Å².